The molecule has 0 aromatic heterocycles. The van der Waals surface area contributed by atoms with Gasteiger partial charge in [-0.05, 0) is 43.2 Å². The molecule has 0 radical (unpaired) electrons. The molecule has 1 unspecified atom stereocenters. The van der Waals surface area contributed by atoms with Crippen molar-refractivity contribution in [1.29, 1.82) is 0 Å². The van der Waals surface area contributed by atoms with E-state index in [1.807, 2.05) is 0 Å². The molecule has 1 amide bonds. The van der Waals surface area contributed by atoms with Crippen LogP contribution in [0.25, 0.3) is 0 Å². The van der Waals surface area contributed by atoms with E-state index < -0.39 is 11.7 Å². The molecule has 0 aliphatic rings. The van der Waals surface area contributed by atoms with Crippen LogP contribution < -0.4 is 5.32 Å². The van der Waals surface area contributed by atoms with E-state index in [1.165, 1.54) is 6.07 Å². The topological polar surface area (TPSA) is 29.1 Å². The van der Waals surface area contributed by atoms with E-state index in [0.29, 0.717) is 15.6 Å². The average Bonchev–Trinajstić information content (AvgIpc) is 2.44. The van der Waals surface area contributed by atoms with Crippen LogP contribution >= 0.6 is 23.2 Å². The van der Waals surface area contributed by atoms with E-state index in [0.717, 1.165) is 5.56 Å². The first kappa shape index (κ1) is 15.8. The molecule has 0 bridgehead atoms. The number of aryl methyl sites for hydroxylation is 1. The van der Waals surface area contributed by atoms with Gasteiger partial charge in [0.25, 0.3) is 5.91 Å². The van der Waals surface area contributed by atoms with Gasteiger partial charge in [0.15, 0.2) is 0 Å². The number of carbonyl (C=O) groups is 1. The molecular weight excluding hydrogens is 312 g/mol. The van der Waals surface area contributed by atoms with Gasteiger partial charge in [-0.2, -0.15) is 0 Å². The molecule has 21 heavy (non-hydrogen) atoms. The number of rotatable bonds is 3. The molecule has 5 heteroatoms. The van der Waals surface area contributed by atoms with Crippen molar-refractivity contribution in [3.05, 3.63) is 69.0 Å². The van der Waals surface area contributed by atoms with Crippen LogP contribution in [0.4, 0.5) is 4.39 Å². The normalized spacial score (nSPS) is 12.0. The predicted octanol–water partition coefficient (Wildman–Crippen LogP) is 4.93. The summed E-state index contributed by atoms with van der Waals surface area (Å²) in [7, 11) is 0. The van der Waals surface area contributed by atoms with E-state index in [2.05, 4.69) is 5.32 Å². The first-order valence-electron chi connectivity index (χ1n) is 6.41. The molecule has 1 atom stereocenters. The summed E-state index contributed by atoms with van der Waals surface area (Å²) >= 11 is 11.8. The minimum absolute atomic E-state index is 0.0295. The Morgan fingerprint density at radius 1 is 1.19 bits per heavy atom. The summed E-state index contributed by atoms with van der Waals surface area (Å²) in [4.78, 5) is 12.1. The van der Waals surface area contributed by atoms with Gasteiger partial charge in [-0.15, -0.1) is 0 Å². The van der Waals surface area contributed by atoms with Crippen molar-refractivity contribution in [2.45, 2.75) is 19.9 Å². The maximum Gasteiger partial charge on any atom is 0.254 e. The molecular formula is C16H14Cl2FNO. The van der Waals surface area contributed by atoms with E-state index in [9.17, 15) is 9.18 Å². The SMILES string of the molecule is Cc1cccc(C(=O)NC(C)c2ccc(Cl)c(Cl)c2)c1F. The fourth-order valence-corrected chi connectivity index (χ4v) is 2.27. The van der Waals surface area contributed by atoms with E-state index in [1.54, 1.807) is 44.2 Å². The van der Waals surface area contributed by atoms with Crippen LogP contribution in [0.3, 0.4) is 0 Å². The first-order chi connectivity index (χ1) is 9.90. The summed E-state index contributed by atoms with van der Waals surface area (Å²) in [6.45, 7) is 3.42. The monoisotopic (exact) mass is 325 g/mol. The lowest BCUT2D eigenvalue weighted by molar-refractivity contribution is 0.0935. The smallest absolute Gasteiger partial charge is 0.254 e. The lowest BCUT2D eigenvalue weighted by Crippen LogP contribution is -2.27. The van der Waals surface area contributed by atoms with Crippen molar-refractivity contribution in [2.24, 2.45) is 0 Å². The number of nitrogens with one attached hydrogen (secondary N) is 1. The zero-order valence-electron chi connectivity index (χ0n) is 11.6. The average molecular weight is 326 g/mol. The molecule has 2 nitrogen and oxygen atoms in total. The van der Waals surface area contributed by atoms with Crippen LogP contribution in [0.2, 0.25) is 10.0 Å². The molecule has 0 spiro atoms. The Bertz CT molecular complexity index is 688. The maximum absolute atomic E-state index is 13.9. The third-order valence-corrected chi connectivity index (χ3v) is 3.97. The molecule has 0 saturated carbocycles. The fourth-order valence-electron chi connectivity index (χ4n) is 1.96. The summed E-state index contributed by atoms with van der Waals surface area (Å²) < 4.78 is 13.9. The summed E-state index contributed by atoms with van der Waals surface area (Å²) in [5.74, 6) is -0.967. The van der Waals surface area contributed by atoms with Gasteiger partial charge in [0.05, 0.1) is 21.7 Å². The van der Waals surface area contributed by atoms with Gasteiger partial charge >= 0.3 is 0 Å². The molecule has 2 aromatic carbocycles. The van der Waals surface area contributed by atoms with E-state index in [4.69, 9.17) is 23.2 Å². The van der Waals surface area contributed by atoms with Gasteiger partial charge < -0.3 is 5.32 Å². The highest BCUT2D eigenvalue weighted by molar-refractivity contribution is 6.42. The highest BCUT2D eigenvalue weighted by Crippen LogP contribution is 2.25. The number of benzene rings is 2. The minimum Gasteiger partial charge on any atom is -0.345 e. The largest absolute Gasteiger partial charge is 0.345 e. The second kappa shape index (κ2) is 6.46. The zero-order chi connectivity index (χ0) is 15.6. The van der Waals surface area contributed by atoms with Crippen molar-refractivity contribution in [3.63, 3.8) is 0 Å². The Morgan fingerprint density at radius 3 is 2.57 bits per heavy atom. The van der Waals surface area contributed by atoms with Crippen LogP contribution in [0.1, 0.15) is 34.5 Å². The van der Waals surface area contributed by atoms with Gasteiger partial charge in [0.2, 0.25) is 0 Å². The summed E-state index contributed by atoms with van der Waals surface area (Å²) in [5, 5.41) is 3.61. The molecule has 1 N–H and O–H groups in total. The van der Waals surface area contributed by atoms with Crippen molar-refractivity contribution in [1.82, 2.24) is 5.32 Å². The van der Waals surface area contributed by atoms with Crippen LogP contribution in [0.5, 0.6) is 0 Å². The Balaban J connectivity index is 2.18. The highest BCUT2D eigenvalue weighted by Gasteiger charge is 2.16. The number of hydrogen-bond acceptors (Lipinski definition) is 1. The van der Waals surface area contributed by atoms with Gasteiger partial charge in [0.1, 0.15) is 5.82 Å². The van der Waals surface area contributed by atoms with E-state index >= 15 is 0 Å². The van der Waals surface area contributed by atoms with Gasteiger partial charge in [-0.25, -0.2) is 4.39 Å². The lowest BCUT2D eigenvalue weighted by Gasteiger charge is -2.15. The Morgan fingerprint density at radius 2 is 1.90 bits per heavy atom. The summed E-state index contributed by atoms with van der Waals surface area (Å²) in [5.41, 5.74) is 1.26. The molecule has 0 saturated heterocycles. The number of halogens is 3. The molecule has 110 valence electrons. The Hall–Kier alpha value is -1.58. The molecule has 2 rings (SSSR count). The van der Waals surface area contributed by atoms with Crippen LogP contribution in [-0.4, -0.2) is 5.91 Å². The minimum atomic E-state index is -0.503. The molecule has 0 aliphatic heterocycles. The second-order valence-electron chi connectivity index (χ2n) is 4.81. The summed E-state index contributed by atoms with van der Waals surface area (Å²) in [6, 6.07) is 9.53. The van der Waals surface area contributed by atoms with Gasteiger partial charge in [-0.1, -0.05) is 41.4 Å². The molecule has 0 fully saturated rings. The molecule has 0 aliphatic carbocycles. The highest BCUT2D eigenvalue weighted by atomic mass is 35.5. The van der Waals surface area contributed by atoms with Gasteiger partial charge in [0, 0.05) is 0 Å². The number of amides is 1. The van der Waals surface area contributed by atoms with Crippen LogP contribution in [-0.2, 0) is 0 Å². The summed E-state index contributed by atoms with van der Waals surface area (Å²) in [6.07, 6.45) is 0. The van der Waals surface area contributed by atoms with Crippen LogP contribution in [0, 0.1) is 12.7 Å². The quantitative estimate of drug-likeness (QED) is 0.851. The second-order valence-corrected chi connectivity index (χ2v) is 5.62. The van der Waals surface area contributed by atoms with Crippen molar-refractivity contribution >= 4 is 29.1 Å². The number of hydrogen-bond donors (Lipinski definition) is 1. The fraction of sp³-hybridized carbons (Fsp3) is 0.188. The Kier molecular flexibility index (Phi) is 4.86. The Labute approximate surface area is 132 Å². The van der Waals surface area contributed by atoms with Crippen molar-refractivity contribution < 1.29 is 9.18 Å². The number of carbonyl (C=O) groups excluding carboxylic acids is 1. The van der Waals surface area contributed by atoms with Gasteiger partial charge in [-0.3, -0.25) is 4.79 Å². The zero-order valence-corrected chi connectivity index (χ0v) is 13.1. The molecule has 0 heterocycles. The predicted molar refractivity (Wildman–Crippen MR) is 83.5 cm³/mol. The first-order valence-corrected chi connectivity index (χ1v) is 7.16. The lowest BCUT2D eigenvalue weighted by atomic mass is 10.1. The van der Waals surface area contributed by atoms with Crippen LogP contribution in [0.15, 0.2) is 36.4 Å². The molecule has 2 aromatic rings. The third kappa shape index (κ3) is 3.55. The maximum atomic E-state index is 13.9. The van der Waals surface area contributed by atoms with E-state index in [-0.39, 0.29) is 11.6 Å². The van der Waals surface area contributed by atoms with Crippen molar-refractivity contribution in [3.8, 4) is 0 Å². The third-order valence-electron chi connectivity index (χ3n) is 3.23. The van der Waals surface area contributed by atoms with Crippen molar-refractivity contribution in [2.75, 3.05) is 0 Å². The standard InChI is InChI=1S/C16H14Cl2FNO/c1-9-4-3-5-12(15(9)19)16(21)20-10(2)11-6-7-13(17)14(18)8-11/h3-8,10H,1-2H3,(H,20,21).